The Morgan fingerprint density at radius 1 is 1.00 bits per heavy atom. The summed E-state index contributed by atoms with van der Waals surface area (Å²) < 4.78 is 5.50. The summed E-state index contributed by atoms with van der Waals surface area (Å²) in [5.74, 6) is 0.673. The summed E-state index contributed by atoms with van der Waals surface area (Å²) in [7, 11) is 0. The van der Waals surface area contributed by atoms with E-state index in [2.05, 4.69) is 37.5 Å². The van der Waals surface area contributed by atoms with E-state index in [0.717, 1.165) is 42.4 Å². The van der Waals surface area contributed by atoms with E-state index in [1.807, 2.05) is 39.2 Å². The van der Waals surface area contributed by atoms with Crippen molar-refractivity contribution in [3.63, 3.8) is 0 Å². The van der Waals surface area contributed by atoms with Crippen LogP contribution in [0.25, 0.3) is 0 Å². The molecule has 7 nitrogen and oxygen atoms in total. The lowest BCUT2D eigenvalue weighted by Gasteiger charge is -2.39. The van der Waals surface area contributed by atoms with Crippen LogP contribution >= 0.6 is 11.8 Å². The molecule has 1 rings (SSSR count). The molecule has 0 heterocycles. The summed E-state index contributed by atoms with van der Waals surface area (Å²) in [6, 6.07) is 4.20. The monoisotopic (exact) mass is 563 g/mol. The number of rotatable bonds is 15. The second-order valence-electron chi connectivity index (χ2n) is 12.0. The number of nitrogens with zero attached hydrogens (tertiary/aromatic N) is 1. The van der Waals surface area contributed by atoms with Gasteiger partial charge in [-0.3, -0.25) is 9.59 Å². The van der Waals surface area contributed by atoms with Crippen LogP contribution in [-0.2, 0) is 14.3 Å². The fourth-order valence-corrected chi connectivity index (χ4v) is 5.00. The van der Waals surface area contributed by atoms with Crippen LogP contribution < -0.4 is 10.6 Å². The van der Waals surface area contributed by atoms with Crippen molar-refractivity contribution >= 4 is 29.7 Å². The van der Waals surface area contributed by atoms with Crippen LogP contribution in [0.15, 0.2) is 18.2 Å². The number of carbonyl (C=O) groups is 3. The summed E-state index contributed by atoms with van der Waals surface area (Å²) >= 11 is 1.61. The summed E-state index contributed by atoms with van der Waals surface area (Å²) in [6.45, 7) is 18.3. The molecule has 0 saturated carbocycles. The Balaban J connectivity index is 3.62. The van der Waals surface area contributed by atoms with Gasteiger partial charge >= 0.3 is 6.09 Å². The van der Waals surface area contributed by atoms with Gasteiger partial charge in [0.15, 0.2) is 0 Å². The first kappa shape index (κ1) is 34.8. The molecule has 3 amide bonds. The van der Waals surface area contributed by atoms with Gasteiger partial charge in [-0.2, -0.15) is 11.8 Å². The van der Waals surface area contributed by atoms with Crippen LogP contribution in [0.2, 0.25) is 0 Å². The predicted molar refractivity (Wildman–Crippen MR) is 163 cm³/mol. The summed E-state index contributed by atoms with van der Waals surface area (Å²) in [5.41, 5.74) is 2.16. The molecule has 39 heavy (non-hydrogen) atoms. The van der Waals surface area contributed by atoms with Gasteiger partial charge in [0, 0.05) is 12.6 Å². The van der Waals surface area contributed by atoms with E-state index in [-0.39, 0.29) is 17.9 Å². The first-order valence-corrected chi connectivity index (χ1v) is 15.8. The molecule has 8 heteroatoms. The molecule has 0 aliphatic heterocycles. The maximum atomic E-state index is 14.4. The third-order valence-electron chi connectivity index (χ3n) is 6.41. The summed E-state index contributed by atoms with van der Waals surface area (Å²) in [5, 5.41) is 5.91. The number of nitrogens with one attached hydrogen (secondary N) is 2. The van der Waals surface area contributed by atoms with Crippen LogP contribution in [-0.4, -0.2) is 59.0 Å². The SMILES string of the molecule is CCCCNC(=O)C(c1cc(C)cc(C)c1)N(C(=O)C(CCSC)NC(=O)OC(C)(C)C)C(C)CCC(C)C. The van der Waals surface area contributed by atoms with Crippen molar-refractivity contribution in [3.8, 4) is 0 Å². The first-order valence-electron chi connectivity index (χ1n) is 14.4. The minimum atomic E-state index is -0.814. The molecule has 2 N–H and O–H groups in total. The lowest BCUT2D eigenvalue weighted by Crippen LogP contribution is -2.55. The zero-order valence-electron chi connectivity index (χ0n) is 26.0. The molecule has 0 fully saturated rings. The van der Waals surface area contributed by atoms with Gasteiger partial charge in [0.1, 0.15) is 17.7 Å². The van der Waals surface area contributed by atoms with Crippen molar-refractivity contribution in [3.05, 3.63) is 34.9 Å². The number of ether oxygens (including phenoxy) is 1. The highest BCUT2D eigenvalue weighted by molar-refractivity contribution is 7.98. The Hall–Kier alpha value is -2.22. The number of carbonyl (C=O) groups excluding carboxylic acids is 3. The zero-order chi connectivity index (χ0) is 29.8. The van der Waals surface area contributed by atoms with E-state index >= 15 is 0 Å². The van der Waals surface area contributed by atoms with Crippen molar-refractivity contribution in [2.24, 2.45) is 5.92 Å². The minimum Gasteiger partial charge on any atom is -0.444 e. The molecule has 0 radical (unpaired) electrons. The highest BCUT2D eigenvalue weighted by Crippen LogP contribution is 2.29. The fourth-order valence-electron chi connectivity index (χ4n) is 4.53. The quantitative estimate of drug-likeness (QED) is 0.236. The molecule has 1 aromatic rings. The number of hydrogen-bond donors (Lipinski definition) is 2. The van der Waals surface area contributed by atoms with Gasteiger partial charge in [-0.25, -0.2) is 4.79 Å². The molecule has 0 aromatic heterocycles. The lowest BCUT2D eigenvalue weighted by molar-refractivity contribution is -0.145. The second kappa shape index (κ2) is 16.8. The number of alkyl carbamates (subject to hydrolysis) is 1. The molecule has 222 valence electrons. The van der Waals surface area contributed by atoms with Crippen molar-refractivity contribution < 1.29 is 19.1 Å². The molecule has 0 bridgehead atoms. The largest absolute Gasteiger partial charge is 0.444 e. The number of aryl methyl sites for hydroxylation is 2. The Morgan fingerprint density at radius 2 is 1.62 bits per heavy atom. The second-order valence-corrected chi connectivity index (χ2v) is 13.0. The minimum absolute atomic E-state index is 0.195. The van der Waals surface area contributed by atoms with Crippen LogP contribution in [0.4, 0.5) is 4.79 Å². The molecule has 0 aliphatic rings. The average molecular weight is 564 g/mol. The van der Waals surface area contributed by atoms with Crippen LogP contribution in [0.1, 0.15) is 103 Å². The van der Waals surface area contributed by atoms with Crippen LogP contribution in [0, 0.1) is 19.8 Å². The highest BCUT2D eigenvalue weighted by Gasteiger charge is 2.38. The summed E-state index contributed by atoms with van der Waals surface area (Å²) in [6.07, 6.45) is 5.25. The summed E-state index contributed by atoms with van der Waals surface area (Å²) in [4.78, 5) is 42.8. The standard InChI is InChI=1S/C31H53N3O4S/c1-11-12-16-32-28(35)27(25-19-22(4)18-23(5)20-25)34(24(6)14-13-21(2)3)29(36)26(15-17-39-10)33-30(37)38-31(7,8)9/h18-21,24,26-27H,11-17H2,1-10H3,(H,32,35)(H,33,37). The van der Waals surface area contributed by atoms with Crippen molar-refractivity contribution in [2.45, 2.75) is 118 Å². The molecule has 3 atom stereocenters. The van der Waals surface area contributed by atoms with Crippen molar-refractivity contribution in [1.82, 2.24) is 15.5 Å². The zero-order valence-corrected chi connectivity index (χ0v) is 26.8. The first-order chi connectivity index (χ1) is 18.2. The Bertz CT molecular complexity index is 909. The smallest absolute Gasteiger partial charge is 0.408 e. The van der Waals surface area contributed by atoms with E-state index < -0.39 is 23.8 Å². The van der Waals surface area contributed by atoms with Gasteiger partial charge in [-0.15, -0.1) is 0 Å². The molecule has 0 aliphatic carbocycles. The maximum Gasteiger partial charge on any atom is 0.408 e. The van der Waals surface area contributed by atoms with Gasteiger partial charge in [0.05, 0.1) is 0 Å². The Morgan fingerprint density at radius 3 is 2.13 bits per heavy atom. The molecule has 3 unspecified atom stereocenters. The number of amides is 3. The van der Waals surface area contributed by atoms with Crippen LogP contribution in [0.3, 0.4) is 0 Å². The number of hydrogen-bond acceptors (Lipinski definition) is 5. The number of thioether (sulfide) groups is 1. The van der Waals surface area contributed by atoms with E-state index in [4.69, 9.17) is 4.74 Å². The van der Waals surface area contributed by atoms with Gasteiger partial charge in [-0.1, -0.05) is 56.5 Å². The molecule has 1 aromatic carbocycles. The topological polar surface area (TPSA) is 87.7 Å². The van der Waals surface area contributed by atoms with Crippen molar-refractivity contribution in [2.75, 3.05) is 18.6 Å². The van der Waals surface area contributed by atoms with E-state index in [1.165, 1.54) is 0 Å². The molecule has 0 spiro atoms. The number of benzene rings is 1. The van der Waals surface area contributed by atoms with E-state index in [1.54, 1.807) is 37.4 Å². The van der Waals surface area contributed by atoms with Gasteiger partial charge in [0.25, 0.3) is 0 Å². The van der Waals surface area contributed by atoms with E-state index in [0.29, 0.717) is 24.6 Å². The van der Waals surface area contributed by atoms with Gasteiger partial charge in [0.2, 0.25) is 11.8 Å². The molecular formula is C31H53N3O4S. The third kappa shape index (κ3) is 12.7. The van der Waals surface area contributed by atoms with Gasteiger partial charge < -0.3 is 20.3 Å². The molecular weight excluding hydrogens is 510 g/mol. The molecule has 0 saturated heterocycles. The Kier molecular flexibility index (Phi) is 15.0. The van der Waals surface area contributed by atoms with Gasteiger partial charge in [-0.05, 0) is 90.7 Å². The Labute approximate surface area is 241 Å². The fraction of sp³-hybridized carbons (Fsp3) is 0.710. The number of unbranched alkanes of at least 4 members (excludes halogenated alkanes) is 1. The predicted octanol–water partition coefficient (Wildman–Crippen LogP) is 6.56. The van der Waals surface area contributed by atoms with Crippen LogP contribution in [0.5, 0.6) is 0 Å². The van der Waals surface area contributed by atoms with Crippen molar-refractivity contribution in [1.29, 1.82) is 0 Å². The highest BCUT2D eigenvalue weighted by atomic mass is 32.2. The normalized spacial score (nSPS) is 13.9. The maximum absolute atomic E-state index is 14.4. The lowest BCUT2D eigenvalue weighted by atomic mass is 9.95. The van der Waals surface area contributed by atoms with E-state index in [9.17, 15) is 14.4 Å². The average Bonchev–Trinajstić information content (AvgIpc) is 2.81. The third-order valence-corrected chi connectivity index (χ3v) is 7.05.